The Kier molecular flexibility index (Phi) is 4.47. The first-order chi connectivity index (χ1) is 9.06. The highest BCUT2D eigenvalue weighted by Crippen LogP contribution is 2.27. The van der Waals surface area contributed by atoms with E-state index in [4.69, 9.17) is 5.73 Å². The highest BCUT2D eigenvalue weighted by atomic mass is 32.2. The van der Waals surface area contributed by atoms with Crippen molar-refractivity contribution < 1.29 is 4.39 Å². The van der Waals surface area contributed by atoms with E-state index in [1.54, 1.807) is 17.8 Å². The van der Waals surface area contributed by atoms with Crippen LogP contribution in [0.1, 0.15) is 38.2 Å². The van der Waals surface area contributed by atoms with Crippen LogP contribution in [0.25, 0.3) is 11.0 Å². The molecule has 0 radical (unpaired) electrons. The summed E-state index contributed by atoms with van der Waals surface area (Å²) in [4.78, 5) is 4.44. The molecule has 1 aromatic carbocycles. The predicted molar refractivity (Wildman–Crippen MR) is 80.0 cm³/mol. The molecule has 0 fully saturated rings. The maximum atomic E-state index is 13.8. The summed E-state index contributed by atoms with van der Waals surface area (Å²) in [6.07, 6.45) is 2.90. The first kappa shape index (κ1) is 14.3. The quantitative estimate of drug-likeness (QED) is 0.912. The number of thioether (sulfide) groups is 1. The van der Waals surface area contributed by atoms with Gasteiger partial charge in [0.05, 0.1) is 11.6 Å². The van der Waals surface area contributed by atoms with Gasteiger partial charge in [0.1, 0.15) is 11.3 Å². The average Bonchev–Trinajstić information content (AvgIpc) is 2.77. The molecule has 19 heavy (non-hydrogen) atoms. The van der Waals surface area contributed by atoms with Crippen molar-refractivity contribution in [3.05, 3.63) is 29.8 Å². The molecule has 2 rings (SSSR count). The molecule has 0 saturated heterocycles. The number of fused-ring (bicyclic) bond motifs is 1. The molecule has 0 aliphatic rings. The first-order valence-electron chi connectivity index (χ1n) is 6.47. The molecule has 0 aliphatic carbocycles. The summed E-state index contributed by atoms with van der Waals surface area (Å²) in [7, 11) is 0. The van der Waals surface area contributed by atoms with E-state index in [9.17, 15) is 4.39 Å². The van der Waals surface area contributed by atoms with Crippen molar-refractivity contribution in [3.8, 4) is 0 Å². The second-order valence-corrected chi connectivity index (χ2v) is 5.91. The molecule has 0 saturated carbocycles. The van der Waals surface area contributed by atoms with Gasteiger partial charge in [-0.15, -0.1) is 0 Å². The van der Waals surface area contributed by atoms with Gasteiger partial charge < -0.3 is 10.3 Å². The van der Waals surface area contributed by atoms with Crippen LogP contribution in [0.2, 0.25) is 0 Å². The summed E-state index contributed by atoms with van der Waals surface area (Å²) in [5, 5.41) is 0. The van der Waals surface area contributed by atoms with Gasteiger partial charge >= 0.3 is 0 Å². The molecule has 0 amide bonds. The fourth-order valence-electron chi connectivity index (χ4n) is 2.28. The highest BCUT2D eigenvalue weighted by Gasteiger charge is 2.20. The van der Waals surface area contributed by atoms with Crippen LogP contribution in [0.5, 0.6) is 0 Å². The van der Waals surface area contributed by atoms with Gasteiger partial charge in [-0.2, -0.15) is 11.8 Å². The Labute approximate surface area is 117 Å². The number of imidazole rings is 1. The summed E-state index contributed by atoms with van der Waals surface area (Å²) in [5.74, 6) is 1.48. The smallest absolute Gasteiger partial charge is 0.151 e. The average molecular weight is 281 g/mol. The van der Waals surface area contributed by atoms with Gasteiger partial charge in [-0.25, -0.2) is 9.37 Å². The highest BCUT2D eigenvalue weighted by molar-refractivity contribution is 7.98. The van der Waals surface area contributed by atoms with E-state index >= 15 is 0 Å². The van der Waals surface area contributed by atoms with Gasteiger partial charge in [0.15, 0.2) is 5.82 Å². The standard InChI is InChI=1S/C14H20FN3S/c1-9(2)18-12-6-4-5-10(15)13(12)17-14(18)11(16)7-8-19-3/h4-6,9,11H,7-8,16H2,1-3H3. The summed E-state index contributed by atoms with van der Waals surface area (Å²) in [6, 6.07) is 5.12. The lowest BCUT2D eigenvalue weighted by atomic mass is 10.2. The summed E-state index contributed by atoms with van der Waals surface area (Å²) < 4.78 is 15.9. The van der Waals surface area contributed by atoms with Gasteiger partial charge in [-0.3, -0.25) is 0 Å². The van der Waals surface area contributed by atoms with E-state index in [-0.39, 0.29) is 17.9 Å². The second-order valence-electron chi connectivity index (χ2n) is 4.93. The molecule has 1 unspecified atom stereocenters. The van der Waals surface area contributed by atoms with Crippen molar-refractivity contribution in [1.29, 1.82) is 0 Å². The maximum Gasteiger partial charge on any atom is 0.151 e. The maximum absolute atomic E-state index is 13.8. The number of aromatic nitrogens is 2. The minimum atomic E-state index is -0.282. The zero-order chi connectivity index (χ0) is 14.0. The van der Waals surface area contributed by atoms with Crippen LogP contribution in [0, 0.1) is 5.82 Å². The number of hydrogen-bond donors (Lipinski definition) is 1. The number of rotatable bonds is 5. The molecule has 1 heterocycles. The van der Waals surface area contributed by atoms with E-state index in [2.05, 4.69) is 25.1 Å². The molecule has 0 bridgehead atoms. The summed E-state index contributed by atoms with van der Waals surface area (Å²) in [5.41, 5.74) is 7.46. The summed E-state index contributed by atoms with van der Waals surface area (Å²) >= 11 is 1.76. The lowest BCUT2D eigenvalue weighted by Gasteiger charge is -2.17. The third-order valence-corrected chi connectivity index (χ3v) is 3.82. The van der Waals surface area contributed by atoms with Crippen molar-refractivity contribution in [3.63, 3.8) is 0 Å². The van der Waals surface area contributed by atoms with E-state index in [1.807, 2.05) is 10.6 Å². The lowest BCUT2D eigenvalue weighted by Crippen LogP contribution is -2.18. The molecule has 2 N–H and O–H groups in total. The Hall–Kier alpha value is -1.07. The minimum absolute atomic E-state index is 0.151. The SMILES string of the molecule is CSCCC(N)c1nc2c(F)cccc2n1C(C)C. The number of hydrogen-bond acceptors (Lipinski definition) is 3. The number of nitrogens with zero attached hydrogens (tertiary/aromatic N) is 2. The predicted octanol–water partition coefficient (Wildman–Crippen LogP) is 3.51. The molecule has 1 atom stereocenters. The zero-order valence-corrected chi connectivity index (χ0v) is 12.4. The minimum Gasteiger partial charge on any atom is -0.324 e. The molecule has 5 heteroatoms. The van der Waals surface area contributed by atoms with Crippen LogP contribution in [0.15, 0.2) is 18.2 Å². The fraction of sp³-hybridized carbons (Fsp3) is 0.500. The van der Waals surface area contributed by atoms with E-state index in [1.165, 1.54) is 6.07 Å². The molecule has 1 aromatic heterocycles. The number of nitrogens with two attached hydrogens (primary N) is 1. The molecule has 0 spiro atoms. The van der Waals surface area contributed by atoms with E-state index in [0.29, 0.717) is 5.52 Å². The molecule has 2 aromatic rings. The van der Waals surface area contributed by atoms with Crippen LogP contribution < -0.4 is 5.73 Å². The number of benzene rings is 1. The van der Waals surface area contributed by atoms with Crippen LogP contribution >= 0.6 is 11.8 Å². The topological polar surface area (TPSA) is 43.8 Å². The Bertz CT molecular complexity index is 565. The van der Waals surface area contributed by atoms with Crippen molar-refractivity contribution in [2.24, 2.45) is 5.73 Å². The normalized spacial score (nSPS) is 13.4. The largest absolute Gasteiger partial charge is 0.324 e. The second kappa shape index (κ2) is 5.92. The molecule has 3 nitrogen and oxygen atoms in total. The Balaban J connectivity index is 2.53. The molecular weight excluding hydrogens is 261 g/mol. The van der Waals surface area contributed by atoms with Gasteiger partial charge in [-0.1, -0.05) is 6.07 Å². The fourth-order valence-corrected chi connectivity index (χ4v) is 2.77. The van der Waals surface area contributed by atoms with Gasteiger partial charge in [0.2, 0.25) is 0 Å². The summed E-state index contributed by atoms with van der Waals surface area (Å²) in [6.45, 7) is 4.13. The third kappa shape index (κ3) is 2.77. The van der Waals surface area contributed by atoms with Gasteiger partial charge in [-0.05, 0) is 44.4 Å². The third-order valence-electron chi connectivity index (χ3n) is 3.18. The van der Waals surface area contributed by atoms with Crippen LogP contribution in [-0.2, 0) is 0 Å². The van der Waals surface area contributed by atoms with Crippen molar-refractivity contribution >= 4 is 22.8 Å². The van der Waals surface area contributed by atoms with Crippen molar-refractivity contribution in [1.82, 2.24) is 9.55 Å². The lowest BCUT2D eigenvalue weighted by molar-refractivity contribution is 0.536. The van der Waals surface area contributed by atoms with Crippen molar-refractivity contribution in [2.45, 2.75) is 32.4 Å². The zero-order valence-electron chi connectivity index (χ0n) is 11.6. The van der Waals surface area contributed by atoms with Crippen LogP contribution in [0.3, 0.4) is 0 Å². The molecular formula is C14H20FN3S. The molecule has 0 aliphatic heterocycles. The van der Waals surface area contributed by atoms with Crippen molar-refractivity contribution in [2.75, 3.05) is 12.0 Å². The Morgan fingerprint density at radius 2 is 2.16 bits per heavy atom. The Morgan fingerprint density at radius 1 is 1.42 bits per heavy atom. The number of para-hydroxylation sites is 1. The molecule has 104 valence electrons. The van der Waals surface area contributed by atoms with E-state index < -0.39 is 0 Å². The van der Waals surface area contributed by atoms with Crippen LogP contribution in [0.4, 0.5) is 4.39 Å². The monoisotopic (exact) mass is 281 g/mol. The van der Waals surface area contributed by atoms with Gasteiger partial charge in [0, 0.05) is 6.04 Å². The Morgan fingerprint density at radius 3 is 2.79 bits per heavy atom. The van der Waals surface area contributed by atoms with Crippen LogP contribution in [-0.4, -0.2) is 21.6 Å². The first-order valence-corrected chi connectivity index (χ1v) is 7.86. The van der Waals surface area contributed by atoms with E-state index in [0.717, 1.165) is 23.5 Å². The van der Waals surface area contributed by atoms with Gasteiger partial charge in [0.25, 0.3) is 0 Å². The number of halogens is 1.